The monoisotopic (exact) mass is 387 g/mol. The van der Waals surface area contributed by atoms with Gasteiger partial charge >= 0.3 is 5.97 Å². The Morgan fingerprint density at radius 1 is 1.18 bits per heavy atom. The van der Waals surface area contributed by atoms with Crippen LogP contribution in [0.5, 0.6) is 17.2 Å². The van der Waals surface area contributed by atoms with Crippen molar-refractivity contribution >= 4 is 23.6 Å². The van der Waals surface area contributed by atoms with Gasteiger partial charge in [-0.25, -0.2) is 9.18 Å². The van der Waals surface area contributed by atoms with E-state index in [4.69, 9.17) is 18.9 Å². The zero-order valence-electron chi connectivity index (χ0n) is 15.2. The third-order valence-corrected chi connectivity index (χ3v) is 3.89. The van der Waals surface area contributed by atoms with Gasteiger partial charge in [-0.1, -0.05) is 6.07 Å². The predicted molar refractivity (Wildman–Crippen MR) is 98.7 cm³/mol. The van der Waals surface area contributed by atoms with Gasteiger partial charge in [-0.05, 0) is 42.8 Å². The van der Waals surface area contributed by atoms with Crippen LogP contribution < -0.4 is 19.5 Å². The lowest BCUT2D eigenvalue weighted by Gasteiger charge is -2.12. The van der Waals surface area contributed by atoms with Crippen molar-refractivity contribution < 1.29 is 32.9 Å². The van der Waals surface area contributed by atoms with E-state index >= 15 is 0 Å². The second-order valence-electron chi connectivity index (χ2n) is 5.86. The molecule has 1 atom stereocenters. The van der Waals surface area contributed by atoms with E-state index in [2.05, 4.69) is 5.32 Å². The average molecular weight is 387 g/mol. The highest BCUT2D eigenvalue weighted by molar-refractivity contribution is 5.96. The molecule has 2 aromatic carbocycles. The highest BCUT2D eigenvalue weighted by atomic mass is 19.1. The van der Waals surface area contributed by atoms with Gasteiger partial charge in [0.25, 0.3) is 5.91 Å². The van der Waals surface area contributed by atoms with Crippen LogP contribution in [0.1, 0.15) is 12.5 Å². The number of benzene rings is 2. The molecule has 1 aliphatic heterocycles. The molecule has 3 rings (SSSR count). The maximum atomic E-state index is 13.6. The molecule has 1 amide bonds. The van der Waals surface area contributed by atoms with Crippen molar-refractivity contribution in [1.82, 2.24) is 0 Å². The number of halogens is 1. The fourth-order valence-corrected chi connectivity index (χ4v) is 2.44. The maximum Gasteiger partial charge on any atom is 0.331 e. The van der Waals surface area contributed by atoms with Crippen LogP contribution in [0.3, 0.4) is 0 Å². The van der Waals surface area contributed by atoms with Crippen LogP contribution in [0.4, 0.5) is 10.1 Å². The molecule has 0 bridgehead atoms. The molecule has 1 N–H and O–H groups in total. The number of carbonyl (C=O) groups excluding carboxylic acids is 2. The van der Waals surface area contributed by atoms with Crippen LogP contribution in [0, 0.1) is 5.82 Å². The van der Waals surface area contributed by atoms with Gasteiger partial charge in [0, 0.05) is 17.8 Å². The smallest absolute Gasteiger partial charge is 0.331 e. The molecule has 28 heavy (non-hydrogen) atoms. The van der Waals surface area contributed by atoms with Crippen molar-refractivity contribution in [2.24, 2.45) is 0 Å². The summed E-state index contributed by atoms with van der Waals surface area (Å²) in [5.74, 6) is -0.557. The number of carbonyl (C=O) groups is 2. The molecule has 0 aliphatic carbocycles. The second kappa shape index (κ2) is 8.43. The maximum absolute atomic E-state index is 13.6. The Kier molecular flexibility index (Phi) is 5.78. The molecule has 0 saturated carbocycles. The van der Waals surface area contributed by atoms with Crippen LogP contribution in [-0.4, -0.2) is 31.9 Å². The van der Waals surface area contributed by atoms with E-state index in [1.807, 2.05) is 0 Å². The summed E-state index contributed by atoms with van der Waals surface area (Å²) < 4.78 is 34.0. The molecular formula is C20H18FNO6. The van der Waals surface area contributed by atoms with Gasteiger partial charge < -0.3 is 24.3 Å². The summed E-state index contributed by atoms with van der Waals surface area (Å²) in [6.07, 6.45) is 1.47. The Hall–Kier alpha value is -3.55. The zero-order chi connectivity index (χ0) is 20.1. The lowest BCUT2D eigenvalue weighted by atomic mass is 10.2. The summed E-state index contributed by atoms with van der Waals surface area (Å²) in [4.78, 5) is 24.1. The number of ether oxygens (including phenoxy) is 4. The van der Waals surface area contributed by atoms with Gasteiger partial charge in [-0.2, -0.15) is 0 Å². The van der Waals surface area contributed by atoms with E-state index in [1.54, 1.807) is 24.3 Å². The summed E-state index contributed by atoms with van der Waals surface area (Å²) >= 11 is 0. The van der Waals surface area contributed by atoms with Crippen LogP contribution in [-0.2, 0) is 14.3 Å². The molecular weight excluding hydrogens is 369 g/mol. The minimum Gasteiger partial charge on any atom is -0.494 e. The van der Waals surface area contributed by atoms with Crippen molar-refractivity contribution in [1.29, 1.82) is 0 Å². The Bertz CT molecular complexity index is 927. The van der Waals surface area contributed by atoms with E-state index in [0.29, 0.717) is 22.7 Å². The number of nitrogens with one attached hydrogen (secondary N) is 1. The molecule has 0 fully saturated rings. The van der Waals surface area contributed by atoms with Crippen molar-refractivity contribution in [3.8, 4) is 17.2 Å². The highest BCUT2D eigenvalue weighted by Gasteiger charge is 2.19. The lowest BCUT2D eigenvalue weighted by molar-refractivity contribution is -0.148. The van der Waals surface area contributed by atoms with Crippen LogP contribution in [0.15, 0.2) is 42.5 Å². The predicted octanol–water partition coefficient (Wildman–Crippen LogP) is 3.15. The molecule has 0 radical (unpaired) electrons. The number of esters is 1. The number of fused-ring (bicyclic) bond motifs is 1. The first-order chi connectivity index (χ1) is 13.5. The third-order valence-electron chi connectivity index (χ3n) is 3.89. The second-order valence-corrected chi connectivity index (χ2v) is 5.86. The van der Waals surface area contributed by atoms with Gasteiger partial charge in [0.1, 0.15) is 0 Å². The quantitative estimate of drug-likeness (QED) is 0.606. The summed E-state index contributed by atoms with van der Waals surface area (Å²) in [5.41, 5.74) is 0.939. The van der Waals surface area contributed by atoms with Gasteiger partial charge in [0.2, 0.25) is 6.79 Å². The first-order valence-electron chi connectivity index (χ1n) is 8.39. The lowest BCUT2D eigenvalue weighted by Crippen LogP contribution is -2.29. The fourth-order valence-electron chi connectivity index (χ4n) is 2.44. The van der Waals surface area contributed by atoms with E-state index in [9.17, 15) is 14.0 Å². The van der Waals surface area contributed by atoms with E-state index < -0.39 is 23.8 Å². The largest absolute Gasteiger partial charge is 0.494 e. The first-order valence-corrected chi connectivity index (χ1v) is 8.39. The van der Waals surface area contributed by atoms with Crippen LogP contribution in [0.25, 0.3) is 6.08 Å². The van der Waals surface area contributed by atoms with Gasteiger partial charge in [-0.15, -0.1) is 0 Å². The summed E-state index contributed by atoms with van der Waals surface area (Å²) in [7, 11) is 1.36. The molecule has 1 heterocycles. The van der Waals surface area contributed by atoms with Gasteiger partial charge in [0.05, 0.1) is 7.11 Å². The van der Waals surface area contributed by atoms with Crippen molar-refractivity contribution in [2.45, 2.75) is 13.0 Å². The SMILES string of the molecule is COc1ccc(/C=C/C(=O)O[C@H](C)C(=O)Nc2ccc3c(c2)OCO3)cc1F. The summed E-state index contributed by atoms with van der Waals surface area (Å²) in [6.45, 7) is 1.58. The molecule has 1 aliphatic rings. The average Bonchev–Trinajstić information content (AvgIpc) is 3.14. The Morgan fingerprint density at radius 2 is 1.96 bits per heavy atom. The highest BCUT2D eigenvalue weighted by Crippen LogP contribution is 2.34. The van der Waals surface area contributed by atoms with Crippen molar-refractivity contribution in [2.75, 3.05) is 19.2 Å². The molecule has 2 aromatic rings. The Labute approximate surface area is 160 Å². The van der Waals surface area contributed by atoms with E-state index in [0.717, 1.165) is 6.08 Å². The first kappa shape index (κ1) is 19.2. The number of amides is 1. The number of hydrogen-bond donors (Lipinski definition) is 1. The third kappa shape index (κ3) is 4.59. The van der Waals surface area contributed by atoms with Crippen LogP contribution >= 0.6 is 0 Å². The molecule has 0 aromatic heterocycles. The Balaban J connectivity index is 1.54. The number of methoxy groups -OCH3 is 1. The molecule has 8 heteroatoms. The van der Waals surface area contributed by atoms with Crippen molar-refractivity contribution in [3.05, 3.63) is 53.9 Å². The minimum atomic E-state index is -1.03. The zero-order valence-corrected chi connectivity index (χ0v) is 15.2. The Morgan fingerprint density at radius 3 is 2.71 bits per heavy atom. The summed E-state index contributed by atoms with van der Waals surface area (Å²) in [6, 6.07) is 9.19. The standard InChI is InChI=1S/C20H18FNO6/c1-12(20(24)22-14-5-7-17-18(10-14)27-11-26-17)28-19(23)8-4-13-3-6-16(25-2)15(21)9-13/h3-10,12H,11H2,1-2H3,(H,22,24)/b8-4+/t12-/m1/s1. The molecule has 0 saturated heterocycles. The van der Waals surface area contributed by atoms with E-state index in [1.165, 1.54) is 32.2 Å². The number of hydrogen-bond acceptors (Lipinski definition) is 6. The topological polar surface area (TPSA) is 83.1 Å². The molecule has 0 unspecified atom stereocenters. The van der Waals surface area contributed by atoms with Crippen molar-refractivity contribution in [3.63, 3.8) is 0 Å². The molecule has 0 spiro atoms. The molecule has 7 nitrogen and oxygen atoms in total. The van der Waals surface area contributed by atoms with Gasteiger partial charge in [-0.3, -0.25) is 4.79 Å². The van der Waals surface area contributed by atoms with Crippen LogP contribution in [0.2, 0.25) is 0 Å². The van der Waals surface area contributed by atoms with E-state index in [-0.39, 0.29) is 12.5 Å². The number of anilines is 1. The minimum absolute atomic E-state index is 0.105. The normalized spacial score (nSPS) is 13.2. The fraction of sp³-hybridized carbons (Fsp3) is 0.200. The molecule has 146 valence electrons. The number of rotatable bonds is 6. The summed E-state index contributed by atoms with van der Waals surface area (Å²) in [5, 5.41) is 2.63. The van der Waals surface area contributed by atoms with Gasteiger partial charge in [0.15, 0.2) is 29.2 Å².